The average molecular weight is 158 g/mol. The first-order valence-electron chi connectivity index (χ1n) is 3.35. The van der Waals surface area contributed by atoms with Crippen LogP contribution in [0, 0.1) is 0 Å². The summed E-state index contributed by atoms with van der Waals surface area (Å²) in [4.78, 5) is 12.5. The molecule has 0 aromatic carbocycles. The summed E-state index contributed by atoms with van der Waals surface area (Å²) in [6.07, 6.45) is 0.833. The molecule has 0 aliphatic carbocycles. The van der Waals surface area contributed by atoms with Gasteiger partial charge in [-0.25, -0.2) is 4.79 Å². The molecule has 1 amide bonds. The van der Waals surface area contributed by atoms with Crippen molar-refractivity contribution in [3.8, 4) is 0 Å². The molecule has 4 heteroatoms. The van der Waals surface area contributed by atoms with E-state index >= 15 is 0 Å². The van der Waals surface area contributed by atoms with Gasteiger partial charge >= 0.3 is 6.09 Å². The first-order chi connectivity index (χ1) is 5.16. The lowest BCUT2D eigenvalue weighted by Gasteiger charge is -2.08. The van der Waals surface area contributed by atoms with Gasteiger partial charge in [-0.1, -0.05) is 6.58 Å². The second kappa shape index (κ2) is 5.73. The second-order valence-corrected chi connectivity index (χ2v) is 2.29. The zero-order valence-electron chi connectivity index (χ0n) is 6.96. The van der Waals surface area contributed by atoms with Crippen molar-refractivity contribution in [1.29, 1.82) is 0 Å². The largest absolute Gasteiger partial charge is 0.448 e. The Morgan fingerprint density at radius 1 is 1.73 bits per heavy atom. The van der Waals surface area contributed by atoms with Gasteiger partial charge in [-0.3, -0.25) is 5.32 Å². The molecule has 0 atom stereocenters. The maximum absolute atomic E-state index is 10.6. The van der Waals surface area contributed by atoms with E-state index in [0.29, 0.717) is 6.61 Å². The standard InChI is InChI=1S/C7H14N2O2/c1-4-8-7(10)11-6-5-9(2)3/h4H,1,5-6H2,2-3H3,(H,8,10). The number of rotatable bonds is 4. The van der Waals surface area contributed by atoms with Crippen LogP contribution in [0.2, 0.25) is 0 Å². The van der Waals surface area contributed by atoms with E-state index in [4.69, 9.17) is 4.74 Å². The predicted octanol–water partition coefficient (Wildman–Crippen LogP) is 0.418. The molecule has 0 fully saturated rings. The highest BCUT2D eigenvalue weighted by molar-refractivity contribution is 5.68. The predicted molar refractivity (Wildman–Crippen MR) is 43.2 cm³/mol. The number of amides is 1. The molecule has 0 aliphatic rings. The van der Waals surface area contributed by atoms with Gasteiger partial charge in [0, 0.05) is 6.54 Å². The van der Waals surface area contributed by atoms with Gasteiger partial charge in [-0.2, -0.15) is 0 Å². The van der Waals surface area contributed by atoms with Crippen LogP contribution in [0.3, 0.4) is 0 Å². The number of nitrogens with one attached hydrogen (secondary N) is 1. The summed E-state index contributed by atoms with van der Waals surface area (Å²) in [5.41, 5.74) is 0. The molecule has 0 heterocycles. The van der Waals surface area contributed by atoms with E-state index in [1.165, 1.54) is 6.20 Å². The van der Waals surface area contributed by atoms with Crippen LogP contribution in [0.25, 0.3) is 0 Å². The van der Waals surface area contributed by atoms with E-state index in [1.807, 2.05) is 19.0 Å². The molecule has 4 nitrogen and oxygen atoms in total. The van der Waals surface area contributed by atoms with Crippen molar-refractivity contribution < 1.29 is 9.53 Å². The number of alkyl carbamates (subject to hydrolysis) is 1. The molecule has 0 aliphatic heterocycles. The lowest BCUT2D eigenvalue weighted by Crippen LogP contribution is -2.24. The number of nitrogens with zero attached hydrogens (tertiary/aromatic N) is 1. The highest BCUT2D eigenvalue weighted by Gasteiger charge is 1.97. The summed E-state index contributed by atoms with van der Waals surface area (Å²) < 4.78 is 4.73. The number of carbonyl (C=O) groups excluding carboxylic acids is 1. The van der Waals surface area contributed by atoms with Crippen LogP contribution >= 0.6 is 0 Å². The third kappa shape index (κ3) is 6.86. The lowest BCUT2D eigenvalue weighted by atomic mass is 10.6. The van der Waals surface area contributed by atoms with Crippen molar-refractivity contribution in [3.63, 3.8) is 0 Å². The Balaban J connectivity index is 3.24. The highest BCUT2D eigenvalue weighted by Crippen LogP contribution is 1.79. The van der Waals surface area contributed by atoms with Crippen LogP contribution in [0.4, 0.5) is 4.79 Å². The molecular formula is C7H14N2O2. The van der Waals surface area contributed by atoms with E-state index < -0.39 is 6.09 Å². The first-order valence-corrected chi connectivity index (χ1v) is 3.35. The van der Waals surface area contributed by atoms with Gasteiger partial charge in [0.15, 0.2) is 0 Å². The Morgan fingerprint density at radius 3 is 2.82 bits per heavy atom. The fourth-order valence-electron chi connectivity index (χ4n) is 0.446. The van der Waals surface area contributed by atoms with Gasteiger partial charge in [-0.15, -0.1) is 0 Å². The van der Waals surface area contributed by atoms with E-state index in [2.05, 4.69) is 11.9 Å². The topological polar surface area (TPSA) is 41.6 Å². The molecule has 0 bridgehead atoms. The fraction of sp³-hybridized carbons (Fsp3) is 0.571. The molecule has 0 rings (SSSR count). The van der Waals surface area contributed by atoms with E-state index in [1.54, 1.807) is 0 Å². The van der Waals surface area contributed by atoms with Gasteiger partial charge in [0.1, 0.15) is 6.61 Å². The number of hydrogen-bond acceptors (Lipinski definition) is 3. The number of ether oxygens (including phenoxy) is 1. The monoisotopic (exact) mass is 158 g/mol. The molecule has 0 saturated carbocycles. The zero-order chi connectivity index (χ0) is 8.69. The maximum atomic E-state index is 10.6. The maximum Gasteiger partial charge on any atom is 0.411 e. The van der Waals surface area contributed by atoms with E-state index in [0.717, 1.165) is 6.54 Å². The SMILES string of the molecule is C=CNC(=O)OCCN(C)C. The zero-order valence-corrected chi connectivity index (χ0v) is 6.96. The highest BCUT2D eigenvalue weighted by atomic mass is 16.5. The smallest absolute Gasteiger partial charge is 0.411 e. The minimum absolute atomic E-state index is 0.396. The van der Waals surface area contributed by atoms with Gasteiger partial charge in [0.25, 0.3) is 0 Å². The number of carbonyl (C=O) groups is 1. The van der Waals surface area contributed by atoms with Gasteiger partial charge in [0.2, 0.25) is 0 Å². The molecule has 0 spiro atoms. The van der Waals surface area contributed by atoms with Crippen LogP contribution in [-0.4, -0.2) is 38.2 Å². The Morgan fingerprint density at radius 2 is 2.36 bits per heavy atom. The Labute approximate surface area is 66.8 Å². The molecule has 0 saturated heterocycles. The summed E-state index contributed by atoms with van der Waals surface area (Å²) in [6, 6.07) is 0. The summed E-state index contributed by atoms with van der Waals surface area (Å²) in [6.45, 7) is 4.44. The Kier molecular flexibility index (Phi) is 5.20. The van der Waals surface area contributed by atoms with Crippen molar-refractivity contribution in [1.82, 2.24) is 10.2 Å². The average Bonchev–Trinajstić information content (AvgIpc) is 1.87. The molecule has 0 aromatic heterocycles. The summed E-state index contributed by atoms with van der Waals surface area (Å²) in [5, 5.41) is 2.30. The molecular weight excluding hydrogens is 144 g/mol. The van der Waals surface area contributed by atoms with Crippen molar-refractivity contribution in [3.05, 3.63) is 12.8 Å². The molecule has 11 heavy (non-hydrogen) atoms. The molecule has 0 unspecified atom stereocenters. The lowest BCUT2D eigenvalue weighted by molar-refractivity contribution is 0.140. The van der Waals surface area contributed by atoms with E-state index in [9.17, 15) is 4.79 Å². The van der Waals surface area contributed by atoms with Gasteiger partial charge in [-0.05, 0) is 20.3 Å². The van der Waals surface area contributed by atoms with Crippen molar-refractivity contribution >= 4 is 6.09 Å². The Bertz CT molecular complexity index is 134. The second-order valence-electron chi connectivity index (χ2n) is 2.29. The molecule has 64 valence electrons. The van der Waals surface area contributed by atoms with Crippen LogP contribution in [0.5, 0.6) is 0 Å². The quantitative estimate of drug-likeness (QED) is 0.644. The fourth-order valence-corrected chi connectivity index (χ4v) is 0.446. The number of hydrogen-bond donors (Lipinski definition) is 1. The minimum atomic E-state index is -0.457. The van der Waals surface area contributed by atoms with Crippen molar-refractivity contribution in [2.24, 2.45) is 0 Å². The van der Waals surface area contributed by atoms with Crippen LogP contribution in [0.15, 0.2) is 12.8 Å². The van der Waals surface area contributed by atoms with Gasteiger partial charge in [0.05, 0.1) is 0 Å². The van der Waals surface area contributed by atoms with Gasteiger partial charge < -0.3 is 9.64 Å². The molecule has 0 radical (unpaired) electrons. The Hall–Kier alpha value is -1.03. The summed E-state index contributed by atoms with van der Waals surface area (Å²) in [7, 11) is 3.82. The third-order valence-corrected chi connectivity index (χ3v) is 0.992. The van der Waals surface area contributed by atoms with E-state index in [-0.39, 0.29) is 0 Å². The van der Waals surface area contributed by atoms with Crippen LogP contribution < -0.4 is 5.32 Å². The van der Waals surface area contributed by atoms with Crippen molar-refractivity contribution in [2.45, 2.75) is 0 Å². The molecule has 0 aromatic rings. The third-order valence-electron chi connectivity index (χ3n) is 0.992. The molecule has 1 N–H and O–H groups in total. The summed E-state index contributed by atoms with van der Waals surface area (Å²) >= 11 is 0. The van der Waals surface area contributed by atoms with Crippen LogP contribution in [-0.2, 0) is 4.74 Å². The summed E-state index contributed by atoms with van der Waals surface area (Å²) in [5.74, 6) is 0. The minimum Gasteiger partial charge on any atom is -0.448 e. The van der Waals surface area contributed by atoms with Crippen LogP contribution in [0.1, 0.15) is 0 Å². The number of likely N-dealkylation sites (N-methyl/N-ethyl adjacent to an activating group) is 1. The first kappa shape index (κ1) is 9.97. The normalized spacial score (nSPS) is 9.36. The van der Waals surface area contributed by atoms with Crippen molar-refractivity contribution in [2.75, 3.05) is 27.2 Å².